The van der Waals surface area contributed by atoms with Gasteiger partial charge in [-0.05, 0) is 43.7 Å². The molecule has 0 atom stereocenters. The standard InChI is InChI=1S/C22H28O4/c1-4-7-8-9-11-17-15-14-16-12-10-13-18(21(23)25-5-2)19(16)20(17)22(24)26-6-3/h10,12-15H,4-9,11H2,1-3H3. The number of hydrogen-bond acceptors (Lipinski definition) is 4. The molecule has 4 heteroatoms. The summed E-state index contributed by atoms with van der Waals surface area (Å²) in [5.74, 6) is -0.785. The van der Waals surface area contributed by atoms with Crippen LogP contribution in [0.15, 0.2) is 30.3 Å². The van der Waals surface area contributed by atoms with Gasteiger partial charge < -0.3 is 9.47 Å². The molecule has 0 heterocycles. The first-order chi connectivity index (χ1) is 12.6. The Morgan fingerprint density at radius 3 is 2.27 bits per heavy atom. The lowest BCUT2D eigenvalue weighted by molar-refractivity contribution is 0.0526. The molecule has 0 bridgehead atoms. The fraction of sp³-hybridized carbons (Fsp3) is 0.455. The maximum atomic E-state index is 12.7. The first-order valence-corrected chi connectivity index (χ1v) is 9.52. The molecule has 0 saturated carbocycles. The fourth-order valence-electron chi connectivity index (χ4n) is 3.19. The van der Waals surface area contributed by atoms with Gasteiger partial charge in [-0.3, -0.25) is 0 Å². The average molecular weight is 356 g/mol. The Balaban J connectivity index is 2.57. The molecule has 0 spiro atoms. The van der Waals surface area contributed by atoms with Gasteiger partial charge in [-0.15, -0.1) is 0 Å². The van der Waals surface area contributed by atoms with Crippen LogP contribution in [0.5, 0.6) is 0 Å². The lowest BCUT2D eigenvalue weighted by Crippen LogP contribution is -2.13. The van der Waals surface area contributed by atoms with E-state index in [1.165, 1.54) is 6.42 Å². The molecular weight excluding hydrogens is 328 g/mol. The van der Waals surface area contributed by atoms with Crippen molar-refractivity contribution in [2.45, 2.75) is 52.9 Å². The third-order valence-electron chi connectivity index (χ3n) is 4.41. The van der Waals surface area contributed by atoms with Crippen molar-refractivity contribution in [2.75, 3.05) is 13.2 Å². The highest BCUT2D eigenvalue weighted by Gasteiger charge is 2.22. The first-order valence-electron chi connectivity index (χ1n) is 9.52. The van der Waals surface area contributed by atoms with E-state index >= 15 is 0 Å². The Bertz CT molecular complexity index is 764. The van der Waals surface area contributed by atoms with E-state index < -0.39 is 5.97 Å². The molecule has 0 aliphatic carbocycles. The molecule has 140 valence electrons. The largest absolute Gasteiger partial charge is 0.462 e. The molecule has 0 saturated heterocycles. The van der Waals surface area contributed by atoms with E-state index in [-0.39, 0.29) is 5.97 Å². The highest BCUT2D eigenvalue weighted by atomic mass is 16.5. The molecule has 0 fully saturated rings. The van der Waals surface area contributed by atoms with Crippen LogP contribution in [0.25, 0.3) is 10.8 Å². The van der Waals surface area contributed by atoms with Gasteiger partial charge >= 0.3 is 11.9 Å². The van der Waals surface area contributed by atoms with Crippen molar-refractivity contribution in [2.24, 2.45) is 0 Å². The molecule has 2 aromatic rings. The summed E-state index contributed by atoms with van der Waals surface area (Å²) in [6.45, 7) is 6.32. The van der Waals surface area contributed by atoms with E-state index in [4.69, 9.17) is 9.47 Å². The highest BCUT2D eigenvalue weighted by Crippen LogP contribution is 2.29. The van der Waals surface area contributed by atoms with Crippen molar-refractivity contribution >= 4 is 22.7 Å². The Morgan fingerprint density at radius 2 is 1.58 bits per heavy atom. The van der Waals surface area contributed by atoms with Gasteiger partial charge in [0.25, 0.3) is 0 Å². The lowest BCUT2D eigenvalue weighted by atomic mass is 9.92. The number of carbonyl (C=O) groups is 2. The molecule has 2 aromatic carbocycles. The van der Waals surface area contributed by atoms with Crippen LogP contribution in [-0.2, 0) is 15.9 Å². The molecule has 0 N–H and O–H groups in total. The number of carbonyl (C=O) groups excluding carboxylic acids is 2. The SMILES string of the molecule is CCCCCCc1ccc2cccc(C(=O)OCC)c2c1C(=O)OCC. The van der Waals surface area contributed by atoms with Crippen molar-refractivity contribution in [3.63, 3.8) is 0 Å². The Hall–Kier alpha value is -2.36. The van der Waals surface area contributed by atoms with Crippen molar-refractivity contribution in [3.05, 3.63) is 47.0 Å². The number of hydrogen-bond donors (Lipinski definition) is 0. The second-order valence-electron chi connectivity index (χ2n) is 6.25. The fourth-order valence-corrected chi connectivity index (χ4v) is 3.19. The van der Waals surface area contributed by atoms with Gasteiger partial charge in [-0.25, -0.2) is 9.59 Å². The summed E-state index contributed by atoms with van der Waals surface area (Å²) < 4.78 is 10.5. The zero-order valence-electron chi connectivity index (χ0n) is 16.0. The second kappa shape index (κ2) is 9.95. The van der Waals surface area contributed by atoms with Crippen LogP contribution in [-0.4, -0.2) is 25.2 Å². The average Bonchev–Trinajstić information content (AvgIpc) is 2.64. The summed E-state index contributed by atoms with van der Waals surface area (Å²) in [6.07, 6.45) is 5.26. The minimum absolute atomic E-state index is 0.292. The predicted octanol–water partition coefficient (Wildman–Crippen LogP) is 5.32. The van der Waals surface area contributed by atoms with E-state index in [1.807, 2.05) is 24.3 Å². The van der Waals surface area contributed by atoms with E-state index in [9.17, 15) is 9.59 Å². The van der Waals surface area contributed by atoms with Gasteiger partial charge in [0.2, 0.25) is 0 Å². The number of aryl methyl sites for hydroxylation is 1. The van der Waals surface area contributed by atoms with E-state index in [0.29, 0.717) is 29.7 Å². The summed E-state index contributed by atoms with van der Waals surface area (Å²) in [7, 11) is 0. The number of ether oxygens (including phenoxy) is 2. The van der Waals surface area contributed by atoms with E-state index in [2.05, 4.69) is 6.92 Å². The Morgan fingerprint density at radius 1 is 0.846 bits per heavy atom. The monoisotopic (exact) mass is 356 g/mol. The summed E-state index contributed by atoms with van der Waals surface area (Å²) in [5, 5.41) is 1.48. The summed E-state index contributed by atoms with van der Waals surface area (Å²) >= 11 is 0. The maximum Gasteiger partial charge on any atom is 0.339 e. The molecule has 2 rings (SSSR count). The molecular formula is C22H28O4. The lowest BCUT2D eigenvalue weighted by Gasteiger charge is -2.15. The Labute approximate surface area is 155 Å². The first kappa shape index (κ1) is 20.0. The quantitative estimate of drug-likeness (QED) is 0.451. The van der Waals surface area contributed by atoms with E-state index in [0.717, 1.165) is 36.6 Å². The second-order valence-corrected chi connectivity index (χ2v) is 6.25. The van der Waals surface area contributed by atoms with Gasteiger partial charge in [0, 0.05) is 5.39 Å². The van der Waals surface area contributed by atoms with Crippen molar-refractivity contribution in [1.82, 2.24) is 0 Å². The van der Waals surface area contributed by atoms with Crippen molar-refractivity contribution < 1.29 is 19.1 Å². The van der Waals surface area contributed by atoms with Crippen LogP contribution in [0.2, 0.25) is 0 Å². The maximum absolute atomic E-state index is 12.7. The van der Waals surface area contributed by atoms with Crippen LogP contribution in [0.1, 0.15) is 72.7 Å². The third-order valence-corrected chi connectivity index (χ3v) is 4.41. The van der Waals surface area contributed by atoms with Crippen LogP contribution in [0, 0.1) is 0 Å². The summed E-state index contributed by atoms with van der Waals surface area (Å²) in [4.78, 5) is 25.2. The number of unbranched alkanes of at least 4 members (excludes halogenated alkanes) is 3. The van der Waals surface area contributed by atoms with Crippen LogP contribution < -0.4 is 0 Å². The van der Waals surface area contributed by atoms with E-state index in [1.54, 1.807) is 19.9 Å². The van der Waals surface area contributed by atoms with Gasteiger partial charge in [-0.1, -0.05) is 50.5 Å². The minimum Gasteiger partial charge on any atom is -0.462 e. The molecule has 0 aliphatic rings. The molecule has 4 nitrogen and oxygen atoms in total. The zero-order valence-corrected chi connectivity index (χ0v) is 16.0. The third kappa shape index (κ3) is 4.63. The molecule has 0 radical (unpaired) electrons. The van der Waals surface area contributed by atoms with Gasteiger partial charge in [-0.2, -0.15) is 0 Å². The number of rotatable bonds is 9. The van der Waals surface area contributed by atoms with Crippen molar-refractivity contribution in [3.8, 4) is 0 Å². The molecule has 0 aliphatic heterocycles. The van der Waals surface area contributed by atoms with Crippen LogP contribution >= 0.6 is 0 Å². The molecule has 0 unspecified atom stereocenters. The number of fused-ring (bicyclic) bond motifs is 1. The zero-order chi connectivity index (χ0) is 18.9. The number of esters is 2. The smallest absolute Gasteiger partial charge is 0.339 e. The molecule has 0 amide bonds. The molecule has 0 aromatic heterocycles. The van der Waals surface area contributed by atoms with Gasteiger partial charge in [0.1, 0.15) is 0 Å². The summed E-state index contributed by atoms with van der Waals surface area (Å²) in [6, 6.07) is 9.38. The van der Waals surface area contributed by atoms with Crippen LogP contribution in [0.3, 0.4) is 0 Å². The Kier molecular flexibility index (Phi) is 7.64. The van der Waals surface area contributed by atoms with Crippen LogP contribution in [0.4, 0.5) is 0 Å². The molecule has 26 heavy (non-hydrogen) atoms. The van der Waals surface area contributed by atoms with Gasteiger partial charge in [0.05, 0.1) is 24.3 Å². The van der Waals surface area contributed by atoms with Crippen molar-refractivity contribution in [1.29, 1.82) is 0 Å². The van der Waals surface area contributed by atoms with Gasteiger partial charge in [0.15, 0.2) is 0 Å². The minimum atomic E-state index is -0.410. The number of benzene rings is 2. The topological polar surface area (TPSA) is 52.6 Å². The summed E-state index contributed by atoms with van der Waals surface area (Å²) in [5.41, 5.74) is 1.86. The highest BCUT2D eigenvalue weighted by molar-refractivity contribution is 6.14. The normalized spacial score (nSPS) is 10.7. The predicted molar refractivity (Wildman–Crippen MR) is 104 cm³/mol.